The molecule has 12 rings (SSSR count). The molecule has 0 fully saturated rings. The second-order valence-corrected chi connectivity index (χ2v) is 16.2. The van der Waals surface area contributed by atoms with Crippen LogP contribution in [0.25, 0.3) is 107 Å². The van der Waals surface area contributed by atoms with Gasteiger partial charge in [0, 0.05) is 49.8 Å². The fraction of sp³-hybridized carbons (Fsp3) is 0.0169. The van der Waals surface area contributed by atoms with Crippen LogP contribution in [0.1, 0.15) is 23.2 Å². The van der Waals surface area contributed by atoms with Gasteiger partial charge in [-0.3, -0.25) is 0 Å². The summed E-state index contributed by atoms with van der Waals surface area (Å²) in [5.74, 6) is 0.715. The Morgan fingerprint density at radius 3 is 1.57 bits per heavy atom. The maximum Gasteiger partial charge on any atom is 0.160 e. The summed E-state index contributed by atoms with van der Waals surface area (Å²) < 4.78 is 4.81. The lowest BCUT2D eigenvalue weighted by atomic mass is 9.99. The van der Waals surface area contributed by atoms with E-state index in [0.29, 0.717) is 5.82 Å². The van der Waals surface area contributed by atoms with Crippen LogP contribution in [-0.4, -0.2) is 19.1 Å². The molecule has 0 bridgehead atoms. The minimum Gasteiger partial charge on any atom is -0.309 e. The van der Waals surface area contributed by atoms with Crippen LogP contribution < -0.4 is 0 Å². The van der Waals surface area contributed by atoms with E-state index < -0.39 is 0 Å². The van der Waals surface area contributed by atoms with Gasteiger partial charge in [0.05, 0.1) is 33.6 Å². The Kier molecular flexibility index (Phi) is 8.86. The summed E-state index contributed by atoms with van der Waals surface area (Å²) in [5.41, 5.74) is 18.1. The van der Waals surface area contributed by atoms with E-state index in [1.165, 1.54) is 60.8 Å². The van der Waals surface area contributed by atoms with Crippen LogP contribution in [0.5, 0.6) is 0 Å². The molecule has 4 heteroatoms. The van der Waals surface area contributed by atoms with E-state index in [9.17, 15) is 0 Å². The van der Waals surface area contributed by atoms with Gasteiger partial charge in [0.2, 0.25) is 0 Å². The highest BCUT2D eigenvalue weighted by Crippen LogP contribution is 2.40. The van der Waals surface area contributed by atoms with E-state index in [1.807, 2.05) is 36.4 Å². The Bertz CT molecular complexity index is 3480. The van der Waals surface area contributed by atoms with Gasteiger partial charge < -0.3 is 9.13 Å². The maximum atomic E-state index is 5.05. The molecule has 0 saturated carbocycles. The van der Waals surface area contributed by atoms with Crippen molar-refractivity contribution in [1.29, 1.82) is 0 Å². The van der Waals surface area contributed by atoms with Gasteiger partial charge in [0.25, 0.3) is 0 Å². The molecule has 0 unspecified atom stereocenters. The van der Waals surface area contributed by atoms with Crippen molar-refractivity contribution in [3.8, 4) is 56.4 Å². The molecule has 0 atom stereocenters. The molecule has 0 aliphatic heterocycles. The van der Waals surface area contributed by atoms with Crippen molar-refractivity contribution >= 4 is 50.4 Å². The van der Waals surface area contributed by atoms with Crippen LogP contribution in [0.4, 0.5) is 0 Å². The third-order valence-corrected chi connectivity index (χ3v) is 12.4. The largest absolute Gasteiger partial charge is 0.309 e. The summed E-state index contributed by atoms with van der Waals surface area (Å²) in [6, 6.07) is 75.5. The van der Waals surface area contributed by atoms with Gasteiger partial charge in [0.1, 0.15) is 0 Å². The van der Waals surface area contributed by atoms with Gasteiger partial charge >= 0.3 is 0 Å². The number of fused-ring (bicyclic) bond motifs is 6. The molecular weight excluding hydrogens is 765 g/mol. The lowest BCUT2D eigenvalue weighted by Crippen LogP contribution is -1.98. The Balaban J connectivity index is 0.903. The topological polar surface area (TPSA) is 35.6 Å². The first-order chi connectivity index (χ1) is 31.2. The number of hydrogen-bond donors (Lipinski definition) is 0. The zero-order valence-corrected chi connectivity index (χ0v) is 34.4. The number of rotatable bonds is 7. The van der Waals surface area contributed by atoms with Crippen LogP contribution in [-0.2, 0) is 0 Å². The number of para-hydroxylation sites is 3. The Morgan fingerprint density at radius 1 is 0.365 bits per heavy atom. The van der Waals surface area contributed by atoms with Crippen molar-refractivity contribution in [1.82, 2.24) is 19.1 Å². The van der Waals surface area contributed by atoms with E-state index >= 15 is 0 Å². The predicted molar refractivity (Wildman–Crippen MR) is 263 cm³/mol. The summed E-state index contributed by atoms with van der Waals surface area (Å²) in [4.78, 5) is 10.0. The average Bonchev–Trinajstić information content (AvgIpc) is 3.76. The highest BCUT2D eigenvalue weighted by molar-refractivity contribution is 6.10. The van der Waals surface area contributed by atoms with Crippen LogP contribution in [0, 0.1) is 0 Å². The molecule has 8 aromatic carbocycles. The SMILES string of the molecule is C1=Cc2c(n(-c3ccc(-c4ccc(-c5cc(-c6ccccc6)nc(-c6ccccc6)n5)cc4)cc3)c3ccccc23)C=C(c2ccc3c(c2)c2ccccc2n3-c2ccccc2)C1. The quantitative estimate of drug-likeness (QED) is 0.161. The van der Waals surface area contributed by atoms with Crippen molar-refractivity contribution in [2.24, 2.45) is 0 Å². The lowest BCUT2D eigenvalue weighted by Gasteiger charge is -2.13. The zero-order valence-electron chi connectivity index (χ0n) is 34.4. The van der Waals surface area contributed by atoms with Crippen LogP contribution in [0.15, 0.2) is 218 Å². The summed E-state index contributed by atoms with van der Waals surface area (Å²) in [5, 5.41) is 3.77. The van der Waals surface area contributed by atoms with Crippen molar-refractivity contribution in [3.05, 3.63) is 235 Å². The second kappa shape index (κ2) is 15.3. The molecule has 0 amide bonds. The number of hydrogen-bond acceptors (Lipinski definition) is 2. The first-order valence-electron chi connectivity index (χ1n) is 21.5. The van der Waals surface area contributed by atoms with Crippen molar-refractivity contribution in [2.75, 3.05) is 0 Å². The molecule has 0 saturated heterocycles. The minimum absolute atomic E-state index is 0.715. The van der Waals surface area contributed by atoms with Gasteiger partial charge in [-0.25, -0.2) is 9.97 Å². The van der Waals surface area contributed by atoms with Gasteiger partial charge in [-0.2, -0.15) is 0 Å². The molecule has 0 N–H and O–H groups in total. The molecule has 11 aromatic rings. The van der Waals surface area contributed by atoms with E-state index in [4.69, 9.17) is 9.97 Å². The average molecular weight is 805 g/mol. The highest BCUT2D eigenvalue weighted by Gasteiger charge is 2.20. The van der Waals surface area contributed by atoms with Crippen LogP contribution >= 0.6 is 0 Å². The number of benzene rings is 8. The maximum absolute atomic E-state index is 5.05. The summed E-state index contributed by atoms with van der Waals surface area (Å²) in [6.45, 7) is 0. The lowest BCUT2D eigenvalue weighted by molar-refractivity contribution is 1.11. The van der Waals surface area contributed by atoms with Gasteiger partial charge in [-0.05, 0) is 89.4 Å². The normalized spacial score (nSPS) is 12.4. The van der Waals surface area contributed by atoms with Crippen molar-refractivity contribution < 1.29 is 0 Å². The first-order valence-corrected chi connectivity index (χ1v) is 21.5. The molecule has 0 spiro atoms. The number of nitrogens with zero attached hydrogens (tertiary/aromatic N) is 4. The molecule has 4 nitrogen and oxygen atoms in total. The van der Waals surface area contributed by atoms with Gasteiger partial charge in [-0.15, -0.1) is 0 Å². The van der Waals surface area contributed by atoms with E-state index in [2.05, 4.69) is 203 Å². The molecule has 1 aliphatic rings. The highest BCUT2D eigenvalue weighted by atomic mass is 15.0. The van der Waals surface area contributed by atoms with E-state index in [0.717, 1.165) is 51.3 Å². The number of aromatic nitrogens is 4. The fourth-order valence-corrected chi connectivity index (χ4v) is 9.34. The monoisotopic (exact) mass is 804 g/mol. The van der Waals surface area contributed by atoms with Gasteiger partial charge in [0.15, 0.2) is 5.82 Å². The fourth-order valence-electron chi connectivity index (χ4n) is 9.34. The second-order valence-electron chi connectivity index (χ2n) is 16.2. The van der Waals surface area contributed by atoms with Crippen LogP contribution in [0.3, 0.4) is 0 Å². The third-order valence-electron chi connectivity index (χ3n) is 12.4. The predicted octanol–water partition coefficient (Wildman–Crippen LogP) is 15.1. The Hall–Kier alpha value is -8.34. The van der Waals surface area contributed by atoms with Gasteiger partial charge in [-0.1, -0.05) is 170 Å². The molecule has 63 heavy (non-hydrogen) atoms. The number of allylic oxidation sites excluding steroid dienone is 2. The van der Waals surface area contributed by atoms with Crippen LogP contribution in [0.2, 0.25) is 0 Å². The zero-order chi connectivity index (χ0) is 41.7. The molecule has 3 aromatic heterocycles. The molecular formula is C59H40N4. The first kappa shape index (κ1) is 36.5. The Labute approximate surface area is 366 Å². The third kappa shape index (κ3) is 6.48. The summed E-state index contributed by atoms with van der Waals surface area (Å²) in [6.07, 6.45) is 7.90. The van der Waals surface area contributed by atoms with Crippen molar-refractivity contribution in [3.63, 3.8) is 0 Å². The van der Waals surface area contributed by atoms with Crippen molar-refractivity contribution in [2.45, 2.75) is 6.42 Å². The van der Waals surface area contributed by atoms with E-state index in [-0.39, 0.29) is 0 Å². The molecule has 1 aliphatic carbocycles. The molecule has 296 valence electrons. The van der Waals surface area contributed by atoms with E-state index in [1.54, 1.807) is 0 Å². The summed E-state index contributed by atoms with van der Waals surface area (Å²) in [7, 11) is 0. The molecule has 0 radical (unpaired) electrons. The summed E-state index contributed by atoms with van der Waals surface area (Å²) >= 11 is 0. The minimum atomic E-state index is 0.715. The molecule has 3 heterocycles. The standard InChI is InChI=1S/C59H40N4/c1-4-15-42(16-5-1)53-39-54(61-59(60-53)44-17-6-2-7-18-44)43-29-27-40(28-30-43)41-31-34-48(35-32-41)63-55-25-12-10-22-49(55)50-24-14-19-45(38-58(50)63)46-33-36-57-52(37-46)51-23-11-13-26-56(51)62(57)47-20-8-3-9-21-47/h1-18,20-39H,19H2. The smallest absolute Gasteiger partial charge is 0.160 e. The Morgan fingerprint density at radius 2 is 0.873 bits per heavy atom.